The summed E-state index contributed by atoms with van der Waals surface area (Å²) in [5.41, 5.74) is 11.2. The molecule has 1 aliphatic carbocycles. The van der Waals surface area contributed by atoms with Gasteiger partial charge in [0.05, 0.1) is 22.8 Å². The van der Waals surface area contributed by atoms with Gasteiger partial charge in [-0.3, -0.25) is 9.97 Å². The smallest absolute Gasteiger partial charge is 0.143 e. The fraction of sp³-hybridized carbons (Fsp3) is 0.0465. The van der Waals surface area contributed by atoms with Gasteiger partial charge in [0, 0.05) is 34.5 Å². The van der Waals surface area contributed by atoms with Gasteiger partial charge < -0.3 is 4.42 Å². The predicted molar refractivity (Wildman–Crippen MR) is 192 cm³/mol. The highest BCUT2D eigenvalue weighted by molar-refractivity contribution is 6.21. The molecule has 222 valence electrons. The van der Waals surface area contributed by atoms with Gasteiger partial charge in [-0.1, -0.05) is 97.1 Å². The lowest BCUT2D eigenvalue weighted by molar-refractivity contribution is 0.672. The molecule has 4 nitrogen and oxygen atoms in total. The number of pyridine rings is 3. The van der Waals surface area contributed by atoms with E-state index in [-0.39, 0.29) is 5.92 Å². The molecule has 1 atom stereocenters. The molecule has 0 saturated heterocycles. The van der Waals surface area contributed by atoms with Crippen molar-refractivity contribution in [3.05, 3.63) is 169 Å². The second kappa shape index (κ2) is 11.3. The highest BCUT2D eigenvalue weighted by atomic mass is 16.3. The topological polar surface area (TPSA) is 51.8 Å². The number of benzene rings is 4. The van der Waals surface area contributed by atoms with Crippen LogP contribution in [-0.4, -0.2) is 15.0 Å². The summed E-state index contributed by atoms with van der Waals surface area (Å²) in [5.74, 6) is 0.195. The van der Waals surface area contributed by atoms with E-state index in [2.05, 4.69) is 119 Å². The van der Waals surface area contributed by atoms with Crippen LogP contribution in [-0.2, 0) is 0 Å². The predicted octanol–water partition coefficient (Wildman–Crippen LogP) is 11.1. The van der Waals surface area contributed by atoms with Crippen molar-refractivity contribution in [2.45, 2.75) is 12.3 Å². The molecule has 0 saturated carbocycles. The Kier molecular flexibility index (Phi) is 6.57. The molecular formula is C43H29N3O. The lowest BCUT2D eigenvalue weighted by Gasteiger charge is -2.19. The Morgan fingerprint density at radius 2 is 1.28 bits per heavy atom. The summed E-state index contributed by atoms with van der Waals surface area (Å²) in [5, 5.41) is 4.61. The van der Waals surface area contributed by atoms with E-state index in [1.165, 1.54) is 33.2 Å². The molecule has 47 heavy (non-hydrogen) atoms. The molecule has 0 spiro atoms. The van der Waals surface area contributed by atoms with E-state index >= 15 is 0 Å². The van der Waals surface area contributed by atoms with Crippen LogP contribution < -0.4 is 0 Å². The summed E-state index contributed by atoms with van der Waals surface area (Å²) in [4.78, 5) is 14.2. The Balaban J connectivity index is 1.14. The molecule has 0 fully saturated rings. The van der Waals surface area contributed by atoms with Crippen molar-refractivity contribution in [1.82, 2.24) is 15.0 Å². The lowest BCUT2D eigenvalue weighted by atomic mass is 9.86. The normalized spacial score (nSPS) is 14.6. The van der Waals surface area contributed by atoms with Crippen molar-refractivity contribution in [2.75, 3.05) is 0 Å². The van der Waals surface area contributed by atoms with E-state index in [4.69, 9.17) is 9.40 Å². The van der Waals surface area contributed by atoms with E-state index in [0.717, 1.165) is 56.5 Å². The molecule has 0 amide bonds. The number of hydrogen-bond donors (Lipinski definition) is 0. The fourth-order valence-corrected chi connectivity index (χ4v) is 6.87. The molecule has 0 bridgehead atoms. The van der Waals surface area contributed by atoms with Gasteiger partial charge in [0.1, 0.15) is 11.2 Å². The molecule has 0 N–H and O–H groups in total. The zero-order chi connectivity index (χ0) is 31.2. The summed E-state index contributed by atoms with van der Waals surface area (Å²) >= 11 is 0. The van der Waals surface area contributed by atoms with Gasteiger partial charge >= 0.3 is 0 Å². The summed E-state index contributed by atoms with van der Waals surface area (Å²) in [6.07, 6.45) is 11.4. The zero-order valence-electron chi connectivity index (χ0n) is 25.5. The molecule has 4 heterocycles. The van der Waals surface area contributed by atoms with Crippen LogP contribution >= 0.6 is 0 Å². The van der Waals surface area contributed by atoms with Gasteiger partial charge in [-0.05, 0) is 88.2 Å². The molecule has 9 rings (SSSR count). The number of rotatable bonds is 5. The molecule has 1 unspecified atom stereocenters. The molecule has 4 heteroatoms. The quantitative estimate of drug-likeness (QED) is 0.196. The molecule has 8 aromatic rings. The standard InChI is InChI=1S/C43H29N3O/c1-2-11-29(12-3-1)35-27-36-42-32(15-10-18-41(42)47-43(36)34-14-5-4-13-33(34)35)30-21-19-28(20-22-30)31-25-39(37-16-6-8-23-44-37)46-40(26-31)38-17-7-9-24-45-38/h1-19,21-28H,20H2. The summed E-state index contributed by atoms with van der Waals surface area (Å²) < 4.78 is 6.62. The van der Waals surface area contributed by atoms with Gasteiger partial charge in [0.2, 0.25) is 0 Å². The van der Waals surface area contributed by atoms with Gasteiger partial charge in [0.15, 0.2) is 0 Å². The minimum Gasteiger partial charge on any atom is -0.455 e. The maximum absolute atomic E-state index is 6.62. The van der Waals surface area contributed by atoms with Crippen LogP contribution in [0.5, 0.6) is 0 Å². The van der Waals surface area contributed by atoms with Crippen molar-refractivity contribution in [3.63, 3.8) is 0 Å². The van der Waals surface area contributed by atoms with Crippen molar-refractivity contribution in [1.29, 1.82) is 0 Å². The average molecular weight is 604 g/mol. The molecule has 1 aliphatic rings. The van der Waals surface area contributed by atoms with Gasteiger partial charge in [-0.25, -0.2) is 4.98 Å². The van der Waals surface area contributed by atoms with Crippen molar-refractivity contribution in [2.24, 2.45) is 0 Å². The first-order valence-electron chi connectivity index (χ1n) is 16.0. The Hall–Kier alpha value is -6.13. The number of nitrogens with zero attached hydrogens (tertiary/aromatic N) is 3. The van der Waals surface area contributed by atoms with Crippen molar-refractivity contribution < 1.29 is 4.42 Å². The Morgan fingerprint density at radius 1 is 0.574 bits per heavy atom. The van der Waals surface area contributed by atoms with Gasteiger partial charge in [-0.15, -0.1) is 0 Å². The Bertz CT molecular complexity index is 2420. The molecule has 4 aromatic carbocycles. The maximum atomic E-state index is 6.62. The molecule has 0 radical (unpaired) electrons. The van der Waals surface area contributed by atoms with Gasteiger partial charge in [-0.2, -0.15) is 0 Å². The monoisotopic (exact) mass is 603 g/mol. The maximum Gasteiger partial charge on any atom is 0.143 e. The zero-order valence-corrected chi connectivity index (χ0v) is 25.5. The minimum absolute atomic E-state index is 0.195. The average Bonchev–Trinajstić information content (AvgIpc) is 3.55. The fourth-order valence-electron chi connectivity index (χ4n) is 6.87. The number of fused-ring (bicyclic) bond motifs is 5. The van der Waals surface area contributed by atoms with Crippen LogP contribution in [0.4, 0.5) is 0 Å². The number of aromatic nitrogens is 3. The SMILES string of the molecule is C1=CC(c2cc(-c3ccccn3)nc(-c3ccccn3)c2)CC=C1c1cccc2oc3c4ccccc4c(-c4ccccc4)cc3c12. The van der Waals surface area contributed by atoms with Crippen LogP contribution in [0.3, 0.4) is 0 Å². The van der Waals surface area contributed by atoms with E-state index in [1.807, 2.05) is 48.8 Å². The van der Waals surface area contributed by atoms with Gasteiger partial charge in [0.25, 0.3) is 0 Å². The Labute approximate surface area is 272 Å². The summed E-state index contributed by atoms with van der Waals surface area (Å²) in [6, 6.07) is 44.1. The third kappa shape index (κ3) is 4.82. The highest BCUT2D eigenvalue weighted by Crippen LogP contribution is 2.43. The summed E-state index contributed by atoms with van der Waals surface area (Å²) in [6.45, 7) is 0. The summed E-state index contributed by atoms with van der Waals surface area (Å²) in [7, 11) is 0. The number of hydrogen-bond acceptors (Lipinski definition) is 4. The highest BCUT2D eigenvalue weighted by Gasteiger charge is 2.21. The number of allylic oxidation sites excluding steroid dienone is 4. The van der Waals surface area contributed by atoms with E-state index in [0.29, 0.717) is 0 Å². The molecule has 4 aromatic heterocycles. The third-order valence-electron chi connectivity index (χ3n) is 9.13. The van der Waals surface area contributed by atoms with Crippen molar-refractivity contribution in [3.8, 4) is 33.9 Å². The first kappa shape index (κ1) is 27.2. The number of furan rings is 1. The lowest BCUT2D eigenvalue weighted by Crippen LogP contribution is -2.02. The first-order chi connectivity index (χ1) is 23.3. The molecule has 0 aliphatic heterocycles. The van der Waals surface area contributed by atoms with Crippen LogP contribution in [0.15, 0.2) is 162 Å². The second-order valence-electron chi connectivity index (χ2n) is 12.0. The van der Waals surface area contributed by atoms with E-state index in [9.17, 15) is 0 Å². The Morgan fingerprint density at radius 3 is 1.96 bits per heavy atom. The third-order valence-corrected chi connectivity index (χ3v) is 9.13. The van der Waals surface area contributed by atoms with Crippen molar-refractivity contribution >= 4 is 38.3 Å². The van der Waals surface area contributed by atoms with Crippen LogP contribution in [0.2, 0.25) is 0 Å². The van der Waals surface area contributed by atoms with E-state index < -0.39 is 0 Å². The largest absolute Gasteiger partial charge is 0.455 e. The van der Waals surface area contributed by atoms with Crippen LogP contribution in [0, 0.1) is 0 Å². The van der Waals surface area contributed by atoms with Crippen LogP contribution in [0.1, 0.15) is 23.5 Å². The first-order valence-corrected chi connectivity index (χ1v) is 16.0. The minimum atomic E-state index is 0.195. The second-order valence-corrected chi connectivity index (χ2v) is 12.0. The van der Waals surface area contributed by atoms with Crippen LogP contribution in [0.25, 0.3) is 72.2 Å². The van der Waals surface area contributed by atoms with E-state index in [1.54, 1.807) is 0 Å². The molecular weight excluding hydrogens is 574 g/mol.